The highest BCUT2D eigenvalue weighted by atomic mass is 16.1. The predicted molar refractivity (Wildman–Crippen MR) is 87.1 cm³/mol. The zero-order valence-electron chi connectivity index (χ0n) is 13.1. The highest BCUT2D eigenvalue weighted by molar-refractivity contribution is 5.76. The molecule has 1 aliphatic carbocycles. The van der Waals surface area contributed by atoms with Crippen LogP contribution in [0.1, 0.15) is 50.2 Å². The molecule has 0 bridgehead atoms. The normalized spacial score (nSPS) is 22.0. The summed E-state index contributed by atoms with van der Waals surface area (Å²) in [6, 6.07) is 8.86. The number of aryl methyl sites for hydroxylation is 2. The average molecular weight is 288 g/mol. The lowest BCUT2D eigenvalue weighted by molar-refractivity contribution is -0.122. The number of carbonyl (C=O) groups excluding carboxylic acids is 1. The van der Waals surface area contributed by atoms with Gasteiger partial charge in [-0.3, -0.25) is 4.79 Å². The van der Waals surface area contributed by atoms with Gasteiger partial charge in [-0.15, -0.1) is 0 Å². The van der Waals surface area contributed by atoms with E-state index in [1.807, 2.05) is 0 Å². The van der Waals surface area contributed by atoms with E-state index < -0.39 is 0 Å². The van der Waals surface area contributed by atoms with Crippen LogP contribution in [0.5, 0.6) is 0 Å². The van der Waals surface area contributed by atoms with E-state index >= 15 is 0 Å². The third-order valence-corrected chi connectivity index (χ3v) is 4.63. The third-order valence-electron chi connectivity index (χ3n) is 4.63. The van der Waals surface area contributed by atoms with Crippen LogP contribution >= 0.6 is 0 Å². The van der Waals surface area contributed by atoms with Crippen LogP contribution in [-0.2, 0) is 17.6 Å². The first-order chi connectivity index (χ1) is 10.2. The van der Waals surface area contributed by atoms with Crippen LogP contribution in [-0.4, -0.2) is 18.5 Å². The Hall–Kier alpha value is -1.35. The maximum Gasteiger partial charge on any atom is 0.220 e. The molecule has 2 unspecified atom stereocenters. The molecule has 2 rings (SSSR count). The Morgan fingerprint density at radius 1 is 1.19 bits per heavy atom. The quantitative estimate of drug-likeness (QED) is 0.845. The Morgan fingerprint density at radius 2 is 1.86 bits per heavy atom. The Kier molecular flexibility index (Phi) is 6.24. The Bertz CT molecular complexity index is 441. The topological polar surface area (TPSA) is 55.1 Å². The number of rotatable bonds is 6. The molecule has 0 heterocycles. The Labute approximate surface area is 128 Å². The number of nitrogens with one attached hydrogen (secondary N) is 1. The molecular formula is C18H28N2O. The van der Waals surface area contributed by atoms with Crippen molar-refractivity contribution in [2.24, 2.45) is 11.7 Å². The lowest BCUT2D eigenvalue weighted by Crippen LogP contribution is -2.44. The maximum atomic E-state index is 12.1. The standard InChI is InChI=1S/C18H28N2O/c1-2-14-7-9-15(10-8-14)11-12-18(21)20-17-6-4-3-5-16(17)13-19/h7-10,16-17H,2-6,11-13,19H2,1H3,(H,20,21). The number of hydrogen-bond acceptors (Lipinski definition) is 2. The van der Waals surface area contributed by atoms with Crippen molar-refractivity contribution in [2.45, 2.75) is 57.9 Å². The van der Waals surface area contributed by atoms with Gasteiger partial charge >= 0.3 is 0 Å². The molecule has 1 aliphatic rings. The summed E-state index contributed by atoms with van der Waals surface area (Å²) in [6.07, 6.45) is 7.13. The SMILES string of the molecule is CCc1ccc(CCC(=O)NC2CCCCC2CN)cc1. The van der Waals surface area contributed by atoms with Gasteiger partial charge in [-0.1, -0.05) is 44.0 Å². The molecule has 116 valence electrons. The van der Waals surface area contributed by atoms with Crippen LogP contribution in [0.15, 0.2) is 24.3 Å². The van der Waals surface area contributed by atoms with Crippen molar-refractivity contribution in [1.82, 2.24) is 5.32 Å². The van der Waals surface area contributed by atoms with Gasteiger partial charge in [0.1, 0.15) is 0 Å². The fourth-order valence-corrected chi connectivity index (χ4v) is 3.16. The van der Waals surface area contributed by atoms with E-state index in [4.69, 9.17) is 5.73 Å². The van der Waals surface area contributed by atoms with E-state index in [0.717, 1.165) is 25.7 Å². The predicted octanol–water partition coefficient (Wildman–Crippen LogP) is 2.82. The van der Waals surface area contributed by atoms with Crippen LogP contribution < -0.4 is 11.1 Å². The zero-order valence-corrected chi connectivity index (χ0v) is 13.1. The van der Waals surface area contributed by atoms with E-state index in [2.05, 4.69) is 36.5 Å². The second-order valence-electron chi connectivity index (χ2n) is 6.12. The molecule has 3 heteroatoms. The number of nitrogens with two attached hydrogens (primary N) is 1. The molecule has 1 aromatic rings. The molecule has 21 heavy (non-hydrogen) atoms. The lowest BCUT2D eigenvalue weighted by Gasteiger charge is -2.31. The van der Waals surface area contributed by atoms with Crippen LogP contribution in [0.2, 0.25) is 0 Å². The summed E-state index contributed by atoms with van der Waals surface area (Å²) in [5, 5.41) is 3.19. The second kappa shape index (κ2) is 8.18. The number of amides is 1. The highest BCUT2D eigenvalue weighted by Crippen LogP contribution is 2.23. The van der Waals surface area contributed by atoms with Crippen molar-refractivity contribution >= 4 is 5.91 Å². The summed E-state index contributed by atoms with van der Waals surface area (Å²) in [5.41, 5.74) is 8.39. The molecule has 0 saturated heterocycles. The van der Waals surface area contributed by atoms with E-state index in [1.165, 1.54) is 24.0 Å². The van der Waals surface area contributed by atoms with Gasteiger partial charge in [0, 0.05) is 12.5 Å². The summed E-state index contributed by atoms with van der Waals surface area (Å²) in [4.78, 5) is 12.1. The van der Waals surface area contributed by atoms with Crippen LogP contribution in [0.3, 0.4) is 0 Å². The van der Waals surface area contributed by atoms with E-state index in [1.54, 1.807) is 0 Å². The molecule has 1 aromatic carbocycles. The summed E-state index contributed by atoms with van der Waals surface area (Å²) >= 11 is 0. The van der Waals surface area contributed by atoms with Crippen LogP contribution in [0, 0.1) is 5.92 Å². The van der Waals surface area contributed by atoms with Gasteiger partial charge in [-0.25, -0.2) is 0 Å². The van der Waals surface area contributed by atoms with E-state index in [-0.39, 0.29) is 5.91 Å². The van der Waals surface area contributed by atoms with Crippen molar-refractivity contribution in [3.63, 3.8) is 0 Å². The fraction of sp³-hybridized carbons (Fsp3) is 0.611. The monoisotopic (exact) mass is 288 g/mol. The zero-order chi connectivity index (χ0) is 15.1. The molecule has 3 nitrogen and oxygen atoms in total. The molecule has 0 aromatic heterocycles. The van der Waals surface area contributed by atoms with Crippen molar-refractivity contribution in [2.75, 3.05) is 6.54 Å². The molecule has 1 amide bonds. The van der Waals surface area contributed by atoms with Gasteiger partial charge < -0.3 is 11.1 Å². The summed E-state index contributed by atoms with van der Waals surface area (Å²) in [6.45, 7) is 2.84. The number of benzene rings is 1. The van der Waals surface area contributed by atoms with Gasteiger partial charge in [0.05, 0.1) is 0 Å². The minimum Gasteiger partial charge on any atom is -0.353 e. The van der Waals surface area contributed by atoms with Crippen molar-refractivity contribution in [3.05, 3.63) is 35.4 Å². The lowest BCUT2D eigenvalue weighted by atomic mass is 9.84. The van der Waals surface area contributed by atoms with Gasteiger partial charge in [0.2, 0.25) is 5.91 Å². The van der Waals surface area contributed by atoms with Gasteiger partial charge in [0.25, 0.3) is 0 Å². The fourth-order valence-electron chi connectivity index (χ4n) is 3.16. The molecule has 3 N–H and O–H groups in total. The molecule has 0 spiro atoms. The van der Waals surface area contributed by atoms with Crippen LogP contribution in [0.25, 0.3) is 0 Å². The van der Waals surface area contributed by atoms with E-state index in [9.17, 15) is 4.79 Å². The maximum absolute atomic E-state index is 12.1. The first-order valence-corrected chi connectivity index (χ1v) is 8.30. The van der Waals surface area contributed by atoms with Gasteiger partial charge in [0.15, 0.2) is 0 Å². The summed E-state index contributed by atoms with van der Waals surface area (Å²) in [5.74, 6) is 0.631. The van der Waals surface area contributed by atoms with Crippen molar-refractivity contribution in [1.29, 1.82) is 0 Å². The second-order valence-corrected chi connectivity index (χ2v) is 6.12. The van der Waals surface area contributed by atoms with Crippen molar-refractivity contribution < 1.29 is 4.79 Å². The minimum absolute atomic E-state index is 0.167. The largest absolute Gasteiger partial charge is 0.353 e. The average Bonchev–Trinajstić information content (AvgIpc) is 2.54. The summed E-state index contributed by atoms with van der Waals surface area (Å²) in [7, 11) is 0. The smallest absolute Gasteiger partial charge is 0.220 e. The molecule has 1 fully saturated rings. The molecule has 0 aliphatic heterocycles. The van der Waals surface area contributed by atoms with Gasteiger partial charge in [-0.2, -0.15) is 0 Å². The van der Waals surface area contributed by atoms with Crippen molar-refractivity contribution in [3.8, 4) is 0 Å². The number of hydrogen-bond donors (Lipinski definition) is 2. The minimum atomic E-state index is 0.167. The molecule has 2 atom stereocenters. The molecular weight excluding hydrogens is 260 g/mol. The molecule has 0 radical (unpaired) electrons. The Balaban J connectivity index is 1.78. The van der Waals surface area contributed by atoms with E-state index in [0.29, 0.717) is 24.9 Å². The van der Waals surface area contributed by atoms with Crippen LogP contribution in [0.4, 0.5) is 0 Å². The van der Waals surface area contributed by atoms with Gasteiger partial charge in [-0.05, 0) is 49.3 Å². The first-order valence-electron chi connectivity index (χ1n) is 8.30. The number of carbonyl (C=O) groups is 1. The third kappa shape index (κ3) is 4.85. The first kappa shape index (κ1) is 16.0. The Morgan fingerprint density at radius 3 is 2.52 bits per heavy atom. The summed E-state index contributed by atoms with van der Waals surface area (Å²) < 4.78 is 0. The molecule has 1 saturated carbocycles. The highest BCUT2D eigenvalue weighted by Gasteiger charge is 2.24.